The molecule has 0 saturated carbocycles. The van der Waals surface area contributed by atoms with Crippen molar-refractivity contribution in [3.8, 4) is 0 Å². The molecule has 0 aliphatic rings. The van der Waals surface area contributed by atoms with E-state index >= 15 is 0 Å². The Bertz CT molecular complexity index is 951. The number of hydrogen-bond acceptors (Lipinski definition) is 5. The molecule has 0 aliphatic heterocycles. The van der Waals surface area contributed by atoms with Crippen LogP contribution in [0, 0.1) is 13.8 Å². The van der Waals surface area contributed by atoms with Crippen LogP contribution in [0.3, 0.4) is 0 Å². The second kappa shape index (κ2) is 6.27. The highest BCUT2D eigenvalue weighted by Gasteiger charge is 2.13. The minimum atomic E-state index is -0.443. The summed E-state index contributed by atoms with van der Waals surface area (Å²) in [6.07, 6.45) is 2.93. The first kappa shape index (κ1) is 15.9. The molecule has 0 amide bonds. The van der Waals surface area contributed by atoms with Gasteiger partial charge in [0.15, 0.2) is 5.65 Å². The molecule has 2 aromatic heterocycles. The number of rotatable bonds is 4. The van der Waals surface area contributed by atoms with Gasteiger partial charge in [-0.2, -0.15) is 5.10 Å². The van der Waals surface area contributed by atoms with E-state index in [2.05, 4.69) is 14.8 Å². The molecule has 0 bridgehead atoms. The Hall–Kier alpha value is -2.96. The monoisotopic (exact) mass is 326 g/mol. The quantitative estimate of drug-likeness (QED) is 0.678. The third kappa shape index (κ3) is 2.80. The van der Waals surface area contributed by atoms with Crippen LogP contribution in [0.25, 0.3) is 11.0 Å². The molecular formula is C17H18N4O3. The number of fused-ring (bicyclic) bond motifs is 1. The second-order valence-electron chi connectivity index (χ2n) is 5.66. The Morgan fingerprint density at radius 3 is 2.62 bits per heavy atom. The van der Waals surface area contributed by atoms with Crippen molar-refractivity contribution in [3.63, 3.8) is 0 Å². The van der Waals surface area contributed by atoms with Crippen LogP contribution in [0.15, 0.2) is 35.5 Å². The van der Waals surface area contributed by atoms with Gasteiger partial charge in [-0.15, -0.1) is 0 Å². The molecule has 1 aromatic carbocycles. The van der Waals surface area contributed by atoms with Crippen molar-refractivity contribution < 1.29 is 9.53 Å². The van der Waals surface area contributed by atoms with Gasteiger partial charge in [-0.25, -0.2) is 9.67 Å². The topological polar surface area (TPSA) is 79.0 Å². The first-order chi connectivity index (χ1) is 11.5. The summed E-state index contributed by atoms with van der Waals surface area (Å²) < 4.78 is 7.55. The lowest BCUT2D eigenvalue weighted by atomic mass is 10.0. The average molecular weight is 326 g/mol. The summed E-state index contributed by atoms with van der Waals surface area (Å²) >= 11 is 0. The number of nitrogens with zero attached hydrogens (tertiary/aromatic N) is 4. The molecule has 0 unspecified atom stereocenters. The zero-order chi connectivity index (χ0) is 17.3. The van der Waals surface area contributed by atoms with Crippen molar-refractivity contribution in [1.82, 2.24) is 19.3 Å². The van der Waals surface area contributed by atoms with E-state index in [0.717, 1.165) is 16.7 Å². The van der Waals surface area contributed by atoms with E-state index in [-0.39, 0.29) is 12.1 Å². The predicted octanol–water partition coefficient (Wildman–Crippen LogP) is 1.43. The van der Waals surface area contributed by atoms with Crippen LogP contribution in [0.4, 0.5) is 0 Å². The van der Waals surface area contributed by atoms with Crippen LogP contribution >= 0.6 is 0 Å². The summed E-state index contributed by atoms with van der Waals surface area (Å²) in [5.41, 5.74) is 3.55. The first-order valence-corrected chi connectivity index (χ1v) is 7.54. The van der Waals surface area contributed by atoms with Crippen molar-refractivity contribution in [3.05, 3.63) is 57.8 Å². The van der Waals surface area contributed by atoms with E-state index in [9.17, 15) is 9.59 Å². The molecule has 0 saturated heterocycles. The smallest absolute Gasteiger partial charge is 0.327 e. The summed E-state index contributed by atoms with van der Waals surface area (Å²) in [6, 6.07) is 6.04. The van der Waals surface area contributed by atoms with E-state index in [0.29, 0.717) is 17.6 Å². The van der Waals surface area contributed by atoms with Crippen molar-refractivity contribution in [2.45, 2.75) is 26.9 Å². The Labute approximate surface area is 138 Å². The molecule has 24 heavy (non-hydrogen) atoms. The van der Waals surface area contributed by atoms with Crippen LogP contribution in [0.1, 0.15) is 16.7 Å². The minimum Gasteiger partial charge on any atom is -0.468 e. The van der Waals surface area contributed by atoms with Gasteiger partial charge in [0.05, 0.1) is 19.9 Å². The van der Waals surface area contributed by atoms with Gasteiger partial charge < -0.3 is 4.74 Å². The molecule has 3 aromatic rings. The van der Waals surface area contributed by atoms with Crippen LogP contribution in [-0.4, -0.2) is 32.4 Å². The number of aryl methyl sites for hydroxylation is 2. The molecular weight excluding hydrogens is 308 g/mol. The highest BCUT2D eigenvalue weighted by molar-refractivity contribution is 5.76. The summed E-state index contributed by atoms with van der Waals surface area (Å²) in [7, 11) is 1.30. The second-order valence-corrected chi connectivity index (χ2v) is 5.66. The van der Waals surface area contributed by atoms with E-state index in [4.69, 9.17) is 0 Å². The normalized spacial score (nSPS) is 11.0. The lowest BCUT2D eigenvalue weighted by molar-refractivity contribution is -0.141. The van der Waals surface area contributed by atoms with Crippen molar-refractivity contribution in [1.29, 1.82) is 0 Å². The van der Waals surface area contributed by atoms with Gasteiger partial charge in [0.2, 0.25) is 0 Å². The largest absolute Gasteiger partial charge is 0.468 e. The highest BCUT2D eigenvalue weighted by Crippen LogP contribution is 2.14. The zero-order valence-electron chi connectivity index (χ0n) is 13.8. The van der Waals surface area contributed by atoms with Gasteiger partial charge in [-0.1, -0.05) is 18.2 Å². The van der Waals surface area contributed by atoms with Gasteiger partial charge in [0.1, 0.15) is 18.3 Å². The number of aromatic nitrogens is 4. The third-order valence-electron chi connectivity index (χ3n) is 4.10. The number of benzene rings is 1. The highest BCUT2D eigenvalue weighted by atomic mass is 16.5. The maximum atomic E-state index is 12.7. The molecule has 7 heteroatoms. The molecule has 7 nitrogen and oxygen atoms in total. The number of ether oxygens (including phenoxy) is 1. The van der Waals surface area contributed by atoms with Crippen LogP contribution in [0.5, 0.6) is 0 Å². The summed E-state index contributed by atoms with van der Waals surface area (Å²) in [5.74, 6) is -0.443. The molecule has 0 N–H and O–H groups in total. The van der Waals surface area contributed by atoms with Gasteiger partial charge in [-0.3, -0.25) is 14.2 Å². The number of esters is 1. The van der Waals surface area contributed by atoms with E-state index in [1.54, 1.807) is 4.57 Å². The fourth-order valence-corrected chi connectivity index (χ4v) is 2.68. The zero-order valence-corrected chi connectivity index (χ0v) is 13.8. The molecule has 0 atom stereocenters. The van der Waals surface area contributed by atoms with Crippen LogP contribution in [0.2, 0.25) is 0 Å². The average Bonchev–Trinajstić information content (AvgIpc) is 2.96. The van der Waals surface area contributed by atoms with Crippen molar-refractivity contribution >= 4 is 17.0 Å². The minimum absolute atomic E-state index is 0.0760. The standard InChI is InChI=1S/C17H18N4O3/c1-11-5-4-6-12(2)14(11)8-20-10-18-16-13(17(20)23)7-19-21(16)9-15(22)24-3/h4-7,10H,8-9H2,1-3H3. The van der Waals surface area contributed by atoms with Gasteiger partial charge in [0, 0.05) is 0 Å². The lowest BCUT2D eigenvalue weighted by Gasteiger charge is -2.11. The van der Waals surface area contributed by atoms with Crippen molar-refractivity contribution in [2.24, 2.45) is 0 Å². The Balaban J connectivity index is 2.01. The molecule has 124 valence electrons. The maximum absolute atomic E-state index is 12.7. The molecule has 3 rings (SSSR count). The predicted molar refractivity (Wildman–Crippen MR) is 88.8 cm³/mol. The fraction of sp³-hybridized carbons (Fsp3) is 0.294. The number of methoxy groups -OCH3 is 1. The first-order valence-electron chi connectivity index (χ1n) is 7.54. The number of hydrogen-bond donors (Lipinski definition) is 0. The molecule has 2 heterocycles. The molecule has 0 fully saturated rings. The third-order valence-corrected chi connectivity index (χ3v) is 4.10. The summed E-state index contributed by atoms with van der Waals surface area (Å²) in [5, 5.41) is 4.45. The van der Waals surface area contributed by atoms with E-state index in [1.807, 2.05) is 32.0 Å². The van der Waals surface area contributed by atoms with E-state index in [1.165, 1.54) is 24.3 Å². The fourth-order valence-electron chi connectivity index (χ4n) is 2.68. The SMILES string of the molecule is COC(=O)Cn1ncc2c(=O)n(Cc3c(C)cccc3C)cnc21. The molecule has 0 aliphatic carbocycles. The van der Waals surface area contributed by atoms with Gasteiger partial charge in [-0.05, 0) is 30.5 Å². The molecule has 0 spiro atoms. The van der Waals surface area contributed by atoms with Crippen molar-refractivity contribution in [2.75, 3.05) is 7.11 Å². The lowest BCUT2D eigenvalue weighted by Crippen LogP contribution is -2.22. The Morgan fingerprint density at radius 1 is 1.25 bits per heavy atom. The summed E-state index contributed by atoms with van der Waals surface area (Å²) in [4.78, 5) is 28.4. The summed E-state index contributed by atoms with van der Waals surface area (Å²) in [6.45, 7) is 4.41. The Morgan fingerprint density at radius 2 is 1.96 bits per heavy atom. The van der Waals surface area contributed by atoms with E-state index < -0.39 is 5.97 Å². The maximum Gasteiger partial charge on any atom is 0.327 e. The van der Waals surface area contributed by atoms with Gasteiger partial charge >= 0.3 is 5.97 Å². The van der Waals surface area contributed by atoms with Gasteiger partial charge in [0.25, 0.3) is 5.56 Å². The number of carbonyl (C=O) groups is 1. The van der Waals surface area contributed by atoms with Crippen LogP contribution < -0.4 is 5.56 Å². The number of carbonyl (C=O) groups excluding carboxylic acids is 1. The molecule has 0 radical (unpaired) electrons. The Kier molecular flexibility index (Phi) is 4.16. The van der Waals surface area contributed by atoms with Crippen LogP contribution in [-0.2, 0) is 22.6 Å².